The fourth-order valence-corrected chi connectivity index (χ4v) is 4.01. The molecule has 2 aromatic rings. The first-order valence-corrected chi connectivity index (χ1v) is 13.7. The number of carbonyl (C=O) groups excluding carboxylic acids is 3. The number of benzene rings is 2. The second kappa shape index (κ2) is 19.7. The summed E-state index contributed by atoms with van der Waals surface area (Å²) in [6.07, 6.45) is 0.994. The molecule has 0 heterocycles. The summed E-state index contributed by atoms with van der Waals surface area (Å²) in [5.74, 6) is 1.05. The molecule has 220 valence electrons. The summed E-state index contributed by atoms with van der Waals surface area (Å²) in [5, 5.41) is 10.9. The molecule has 10 heteroatoms. The number of alkyl halides is 1. The van der Waals surface area contributed by atoms with Gasteiger partial charge in [-0.25, -0.2) is 0 Å². The predicted octanol–water partition coefficient (Wildman–Crippen LogP) is 5.16. The van der Waals surface area contributed by atoms with Gasteiger partial charge in [0.2, 0.25) is 11.8 Å². The van der Waals surface area contributed by atoms with Gasteiger partial charge in [-0.2, -0.15) is 0 Å². The van der Waals surface area contributed by atoms with E-state index in [1.165, 1.54) is 4.90 Å². The Kier molecular flexibility index (Phi) is 19.7. The SMILES string of the molecule is CC(Br)C(=O)N(C)C.CCC(=O)c1cccc(OC)c1.CCC(O)(c1cccc(OC)c1)C(C)C(=O)N(C)C.[Zn]. The Morgan fingerprint density at radius 2 is 1.35 bits per heavy atom. The van der Waals surface area contributed by atoms with Crippen molar-refractivity contribution in [2.24, 2.45) is 5.92 Å². The van der Waals surface area contributed by atoms with Crippen LogP contribution < -0.4 is 9.47 Å². The Balaban J connectivity index is 0. The molecule has 2 aromatic carbocycles. The third kappa shape index (κ3) is 12.5. The molecule has 0 saturated carbocycles. The smallest absolute Gasteiger partial charge is 0.235 e. The minimum Gasteiger partial charge on any atom is -0.497 e. The summed E-state index contributed by atoms with van der Waals surface area (Å²) in [5.41, 5.74) is 0.240. The van der Waals surface area contributed by atoms with Crippen LogP contribution in [-0.2, 0) is 34.7 Å². The molecule has 0 aliphatic carbocycles. The summed E-state index contributed by atoms with van der Waals surface area (Å²) < 4.78 is 10.2. The maximum Gasteiger partial charge on any atom is 0.235 e. The van der Waals surface area contributed by atoms with E-state index in [1.807, 2.05) is 51.1 Å². The van der Waals surface area contributed by atoms with E-state index in [9.17, 15) is 19.5 Å². The van der Waals surface area contributed by atoms with E-state index in [0.29, 0.717) is 24.2 Å². The standard InChI is InChI=1S/C15H23NO3.C10H12O2.C5H10BrNO.Zn/c1-6-15(18,11(2)14(17)16(3)4)12-8-7-9-13(10-12)19-5;1-3-10(11)8-5-4-6-9(7-8)12-2;1-4(6)5(8)7(2)3;/h7-11,18H,6H2,1-5H3;4-7H,3H2,1-2H3;4H,1-3H3;. The van der Waals surface area contributed by atoms with Crippen LogP contribution in [0.3, 0.4) is 0 Å². The molecular weight excluding hydrogens is 630 g/mol. The number of rotatable bonds is 9. The van der Waals surface area contributed by atoms with Gasteiger partial charge in [0.25, 0.3) is 0 Å². The van der Waals surface area contributed by atoms with Crippen LogP contribution >= 0.6 is 15.9 Å². The minimum absolute atomic E-state index is 0. The molecular formula is C30H45BrN2O6Zn. The first-order chi connectivity index (χ1) is 18.2. The van der Waals surface area contributed by atoms with E-state index in [4.69, 9.17) is 9.47 Å². The van der Waals surface area contributed by atoms with Crippen molar-refractivity contribution in [1.82, 2.24) is 9.80 Å². The molecule has 2 rings (SSSR count). The number of halogens is 1. The third-order valence-corrected chi connectivity index (χ3v) is 6.52. The normalized spacial score (nSPS) is 12.8. The van der Waals surface area contributed by atoms with Crippen molar-refractivity contribution in [3.8, 4) is 11.5 Å². The zero-order valence-corrected chi connectivity index (χ0v) is 30.2. The van der Waals surface area contributed by atoms with E-state index in [2.05, 4.69) is 15.9 Å². The second-order valence-corrected chi connectivity index (χ2v) is 10.7. The van der Waals surface area contributed by atoms with Crippen molar-refractivity contribution in [3.63, 3.8) is 0 Å². The van der Waals surface area contributed by atoms with Gasteiger partial charge in [0.05, 0.1) is 25.0 Å². The van der Waals surface area contributed by atoms with Crippen molar-refractivity contribution in [1.29, 1.82) is 0 Å². The molecule has 0 aliphatic heterocycles. The van der Waals surface area contributed by atoms with Crippen LogP contribution in [0.1, 0.15) is 56.5 Å². The van der Waals surface area contributed by atoms with Crippen LogP contribution in [0, 0.1) is 5.92 Å². The van der Waals surface area contributed by atoms with Crippen molar-refractivity contribution >= 4 is 33.5 Å². The molecule has 3 atom stereocenters. The molecule has 0 spiro atoms. The number of nitrogens with zero attached hydrogens (tertiary/aromatic N) is 2. The number of carbonyl (C=O) groups is 3. The van der Waals surface area contributed by atoms with Crippen molar-refractivity contribution in [2.75, 3.05) is 42.4 Å². The van der Waals surface area contributed by atoms with Crippen LogP contribution in [0.25, 0.3) is 0 Å². The number of amides is 2. The summed E-state index contributed by atoms with van der Waals surface area (Å²) in [7, 11) is 10.0. The topological polar surface area (TPSA) is 96.4 Å². The average Bonchev–Trinajstić information content (AvgIpc) is 2.95. The molecule has 3 unspecified atom stereocenters. The van der Waals surface area contributed by atoms with Crippen molar-refractivity contribution in [2.45, 2.75) is 51.0 Å². The number of methoxy groups -OCH3 is 2. The summed E-state index contributed by atoms with van der Waals surface area (Å²) in [4.78, 5) is 37.1. The van der Waals surface area contributed by atoms with Gasteiger partial charge in [0.1, 0.15) is 17.1 Å². The number of aliphatic hydroxyl groups is 1. The Bertz CT molecular complexity index is 1050. The Morgan fingerprint density at radius 3 is 1.73 bits per heavy atom. The van der Waals surface area contributed by atoms with Gasteiger partial charge < -0.3 is 24.4 Å². The molecule has 0 aliphatic rings. The van der Waals surface area contributed by atoms with E-state index < -0.39 is 11.5 Å². The average molecular weight is 675 g/mol. The van der Waals surface area contributed by atoms with Crippen LogP contribution in [0.5, 0.6) is 11.5 Å². The summed E-state index contributed by atoms with van der Waals surface area (Å²) in [6, 6.07) is 14.4. The molecule has 1 N–H and O–H groups in total. The Hall–Kier alpha value is -2.29. The molecule has 40 heavy (non-hydrogen) atoms. The minimum atomic E-state index is -1.18. The van der Waals surface area contributed by atoms with E-state index in [0.717, 1.165) is 11.3 Å². The maximum absolute atomic E-state index is 12.1. The van der Waals surface area contributed by atoms with E-state index in [-0.39, 0.29) is 41.9 Å². The van der Waals surface area contributed by atoms with Gasteiger partial charge in [-0.3, -0.25) is 14.4 Å². The summed E-state index contributed by atoms with van der Waals surface area (Å²) in [6.45, 7) is 7.29. The van der Waals surface area contributed by atoms with Crippen molar-refractivity contribution in [3.05, 3.63) is 59.7 Å². The molecule has 0 saturated heterocycles. The number of Topliss-reactive ketones (excluding diaryl/α,β-unsaturated/α-hetero) is 1. The van der Waals surface area contributed by atoms with Gasteiger partial charge in [0.15, 0.2) is 5.78 Å². The van der Waals surface area contributed by atoms with Crippen LogP contribution in [0.15, 0.2) is 48.5 Å². The van der Waals surface area contributed by atoms with Crippen molar-refractivity contribution < 1.29 is 48.4 Å². The van der Waals surface area contributed by atoms with Gasteiger partial charge in [-0.1, -0.05) is 61.0 Å². The van der Waals surface area contributed by atoms with Crippen LogP contribution in [0.4, 0.5) is 0 Å². The van der Waals surface area contributed by atoms with Crippen LogP contribution in [0.2, 0.25) is 0 Å². The number of ketones is 1. The van der Waals surface area contributed by atoms with Gasteiger partial charge in [-0.15, -0.1) is 0 Å². The van der Waals surface area contributed by atoms with Gasteiger partial charge in [-0.05, 0) is 43.2 Å². The number of hydrogen-bond acceptors (Lipinski definition) is 6. The van der Waals surface area contributed by atoms with Gasteiger partial charge >= 0.3 is 0 Å². The molecule has 0 bridgehead atoms. The Morgan fingerprint density at radius 1 is 0.875 bits per heavy atom. The first kappa shape index (κ1) is 39.9. The van der Waals surface area contributed by atoms with E-state index in [1.54, 1.807) is 72.4 Å². The first-order valence-electron chi connectivity index (χ1n) is 12.8. The monoisotopic (exact) mass is 672 g/mol. The fraction of sp³-hybridized carbons (Fsp3) is 0.500. The molecule has 0 fully saturated rings. The second-order valence-electron chi connectivity index (χ2n) is 9.32. The Labute approximate surface area is 261 Å². The third-order valence-electron chi connectivity index (χ3n) is 6.13. The van der Waals surface area contributed by atoms with Crippen LogP contribution in [-0.4, -0.2) is 79.7 Å². The maximum atomic E-state index is 12.1. The molecule has 2 amide bonds. The largest absolute Gasteiger partial charge is 0.497 e. The number of ether oxygens (including phenoxy) is 2. The predicted molar refractivity (Wildman–Crippen MR) is 160 cm³/mol. The zero-order chi connectivity index (χ0) is 30.3. The summed E-state index contributed by atoms with van der Waals surface area (Å²) >= 11 is 3.15. The van der Waals surface area contributed by atoms with E-state index >= 15 is 0 Å². The molecule has 0 radical (unpaired) electrons. The quantitative estimate of drug-likeness (QED) is 0.224. The fourth-order valence-electron chi connectivity index (χ4n) is 3.60. The number of hydrogen-bond donors (Lipinski definition) is 1. The molecule has 0 aromatic heterocycles. The van der Waals surface area contributed by atoms with Gasteiger partial charge in [0, 0.05) is 59.7 Å². The molecule has 8 nitrogen and oxygen atoms in total. The zero-order valence-electron chi connectivity index (χ0n) is 25.7.